The molecule has 0 fully saturated rings. The second-order valence-electron chi connectivity index (χ2n) is 5.12. The summed E-state index contributed by atoms with van der Waals surface area (Å²) in [4.78, 5) is 11.9. The number of rotatable bonds is 8. The van der Waals surface area contributed by atoms with Gasteiger partial charge in [0.05, 0.1) is 5.02 Å². The first-order chi connectivity index (χ1) is 10.4. The highest BCUT2D eigenvalue weighted by Crippen LogP contribution is 2.28. The first-order valence-electron chi connectivity index (χ1n) is 7.38. The first kappa shape index (κ1) is 18.8. The molecule has 22 heavy (non-hydrogen) atoms. The third-order valence-corrected chi connectivity index (χ3v) is 3.60. The highest BCUT2D eigenvalue weighted by molar-refractivity contribution is 6.35. The van der Waals surface area contributed by atoms with Crippen LogP contribution in [0.15, 0.2) is 23.3 Å². The molecular formula is C16H22Cl2N2O2. The van der Waals surface area contributed by atoms with Gasteiger partial charge in [-0.15, -0.1) is 0 Å². The lowest BCUT2D eigenvalue weighted by molar-refractivity contribution is -0.127. The van der Waals surface area contributed by atoms with Crippen LogP contribution < -0.4 is 10.2 Å². The number of nitrogens with zero attached hydrogens (tertiary/aromatic N) is 1. The monoisotopic (exact) mass is 344 g/mol. The van der Waals surface area contributed by atoms with Crippen LogP contribution >= 0.6 is 23.2 Å². The summed E-state index contributed by atoms with van der Waals surface area (Å²) in [6.45, 7) is 5.69. The molecule has 1 unspecified atom stereocenters. The molecule has 4 nitrogen and oxygen atoms in total. The number of unbranched alkanes of at least 4 members (excludes halogenated alkanes) is 2. The molecular weight excluding hydrogens is 323 g/mol. The summed E-state index contributed by atoms with van der Waals surface area (Å²) in [5.41, 5.74) is 3.42. The molecule has 1 rings (SSSR count). The summed E-state index contributed by atoms with van der Waals surface area (Å²) in [5.74, 6) is 0.0956. The van der Waals surface area contributed by atoms with Crippen molar-refractivity contribution in [1.82, 2.24) is 5.43 Å². The summed E-state index contributed by atoms with van der Waals surface area (Å²) in [7, 11) is 0. The molecule has 0 aliphatic rings. The molecule has 122 valence electrons. The number of amides is 1. The van der Waals surface area contributed by atoms with Crippen LogP contribution in [0.25, 0.3) is 0 Å². The van der Waals surface area contributed by atoms with Crippen LogP contribution in [0.2, 0.25) is 10.0 Å². The maximum absolute atomic E-state index is 11.9. The second kappa shape index (κ2) is 9.70. The molecule has 1 aromatic carbocycles. The lowest BCUT2D eigenvalue weighted by Crippen LogP contribution is -2.33. The van der Waals surface area contributed by atoms with Crippen molar-refractivity contribution in [3.63, 3.8) is 0 Å². The fraction of sp³-hybridized carbons (Fsp3) is 0.500. The van der Waals surface area contributed by atoms with Crippen LogP contribution in [-0.2, 0) is 4.79 Å². The van der Waals surface area contributed by atoms with Crippen molar-refractivity contribution >= 4 is 34.8 Å². The van der Waals surface area contributed by atoms with Gasteiger partial charge in [0.1, 0.15) is 5.75 Å². The minimum atomic E-state index is -0.703. The molecule has 0 radical (unpaired) electrons. The van der Waals surface area contributed by atoms with E-state index in [0.717, 1.165) is 31.4 Å². The Morgan fingerprint density at radius 2 is 2.09 bits per heavy atom. The van der Waals surface area contributed by atoms with Crippen molar-refractivity contribution in [2.24, 2.45) is 5.10 Å². The Kier molecular flexibility index (Phi) is 8.28. The standard InChI is InChI=1S/C16H22Cl2N2O2/c1-4-5-6-7-11(2)19-20-16(21)12(3)22-15-9-8-13(17)10-14(15)18/h8-10,12H,4-7H2,1-3H3,(H,20,21)/b19-11+. The van der Waals surface area contributed by atoms with Crippen LogP contribution in [0, 0.1) is 0 Å². The SMILES string of the molecule is CCCCC/C(C)=N/NC(=O)C(C)Oc1ccc(Cl)cc1Cl. The third kappa shape index (κ3) is 6.67. The Balaban J connectivity index is 2.49. The zero-order chi connectivity index (χ0) is 16.5. The number of halogens is 2. The normalized spacial score (nSPS) is 12.9. The van der Waals surface area contributed by atoms with Crippen LogP contribution in [-0.4, -0.2) is 17.7 Å². The summed E-state index contributed by atoms with van der Waals surface area (Å²) in [6, 6.07) is 4.86. The van der Waals surface area contributed by atoms with Crippen LogP contribution in [0.5, 0.6) is 5.75 Å². The number of carbonyl (C=O) groups is 1. The van der Waals surface area contributed by atoms with E-state index in [1.54, 1.807) is 25.1 Å². The van der Waals surface area contributed by atoms with Gasteiger partial charge >= 0.3 is 0 Å². The topological polar surface area (TPSA) is 50.7 Å². The van der Waals surface area contributed by atoms with Gasteiger partial charge in [-0.3, -0.25) is 4.79 Å². The fourth-order valence-electron chi connectivity index (χ4n) is 1.74. The molecule has 0 spiro atoms. The van der Waals surface area contributed by atoms with Crippen molar-refractivity contribution in [2.75, 3.05) is 0 Å². The van der Waals surface area contributed by atoms with Gasteiger partial charge in [0.2, 0.25) is 0 Å². The molecule has 1 N–H and O–H groups in total. The largest absolute Gasteiger partial charge is 0.479 e. The quantitative estimate of drug-likeness (QED) is 0.417. The van der Waals surface area contributed by atoms with Crippen molar-refractivity contribution in [3.8, 4) is 5.75 Å². The lowest BCUT2D eigenvalue weighted by atomic mass is 10.1. The van der Waals surface area contributed by atoms with Gasteiger partial charge in [0, 0.05) is 10.7 Å². The van der Waals surface area contributed by atoms with E-state index in [1.807, 2.05) is 6.92 Å². The first-order valence-corrected chi connectivity index (χ1v) is 8.14. The van der Waals surface area contributed by atoms with E-state index in [9.17, 15) is 4.79 Å². The Hall–Kier alpha value is -1.26. The van der Waals surface area contributed by atoms with Crippen molar-refractivity contribution < 1.29 is 9.53 Å². The number of ether oxygens (including phenoxy) is 1. The van der Waals surface area contributed by atoms with Gasteiger partial charge in [-0.2, -0.15) is 5.10 Å². The number of nitrogens with one attached hydrogen (secondary N) is 1. The zero-order valence-corrected chi connectivity index (χ0v) is 14.7. The van der Waals surface area contributed by atoms with Gasteiger partial charge < -0.3 is 4.74 Å². The van der Waals surface area contributed by atoms with Crippen molar-refractivity contribution in [1.29, 1.82) is 0 Å². The lowest BCUT2D eigenvalue weighted by Gasteiger charge is -2.14. The zero-order valence-electron chi connectivity index (χ0n) is 13.2. The number of benzene rings is 1. The smallest absolute Gasteiger partial charge is 0.280 e. The molecule has 0 aliphatic heterocycles. The van der Waals surface area contributed by atoms with Gasteiger partial charge in [0.15, 0.2) is 6.10 Å². The van der Waals surface area contributed by atoms with E-state index >= 15 is 0 Å². The second-order valence-corrected chi connectivity index (χ2v) is 5.96. The van der Waals surface area contributed by atoms with E-state index in [4.69, 9.17) is 27.9 Å². The summed E-state index contributed by atoms with van der Waals surface area (Å²) in [5, 5.41) is 4.96. The average molecular weight is 345 g/mol. The molecule has 0 saturated heterocycles. The van der Waals surface area contributed by atoms with Gasteiger partial charge in [-0.05, 0) is 44.9 Å². The average Bonchev–Trinajstić information content (AvgIpc) is 2.47. The van der Waals surface area contributed by atoms with Gasteiger partial charge in [-0.1, -0.05) is 43.0 Å². The summed E-state index contributed by atoms with van der Waals surface area (Å²) >= 11 is 11.8. The molecule has 0 aromatic heterocycles. The maximum Gasteiger partial charge on any atom is 0.280 e. The maximum atomic E-state index is 11.9. The Morgan fingerprint density at radius 3 is 2.73 bits per heavy atom. The fourth-order valence-corrected chi connectivity index (χ4v) is 2.20. The van der Waals surface area contributed by atoms with E-state index in [2.05, 4.69) is 17.5 Å². The van der Waals surface area contributed by atoms with Gasteiger partial charge in [-0.25, -0.2) is 5.43 Å². The minimum Gasteiger partial charge on any atom is -0.479 e. The van der Waals surface area contributed by atoms with Gasteiger partial charge in [0.25, 0.3) is 5.91 Å². The number of carbonyl (C=O) groups excluding carboxylic acids is 1. The number of hydrogen-bond acceptors (Lipinski definition) is 3. The van der Waals surface area contributed by atoms with Crippen LogP contribution in [0.4, 0.5) is 0 Å². The molecule has 0 saturated carbocycles. The van der Waals surface area contributed by atoms with Crippen molar-refractivity contribution in [2.45, 2.75) is 52.6 Å². The molecule has 0 bridgehead atoms. The highest BCUT2D eigenvalue weighted by Gasteiger charge is 2.15. The molecule has 1 atom stereocenters. The predicted molar refractivity (Wildman–Crippen MR) is 91.9 cm³/mol. The Labute approximate surface area is 141 Å². The number of hydrogen-bond donors (Lipinski definition) is 1. The number of hydrazone groups is 1. The minimum absolute atomic E-state index is 0.319. The highest BCUT2D eigenvalue weighted by atomic mass is 35.5. The Morgan fingerprint density at radius 1 is 1.36 bits per heavy atom. The van der Waals surface area contributed by atoms with E-state index in [1.165, 1.54) is 0 Å². The Bertz CT molecular complexity index is 533. The van der Waals surface area contributed by atoms with E-state index < -0.39 is 6.10 Å². The third-order valence-electron chi connectivity index (χ3n) is 3.07. The summed E-state index contributed by atoms with van der Waals surface area (Å²) < 4.78 is 5.52. The molecule has 6 heteroatoms. The van der Waals surface area contributed by atoms with E-state index in [-0.39, 0.29) is 5.91 Å². The molecule has 1 aromatic rings. The predicted octanol–water partition coefficient (Wildman–Crippen LogP) is 4.83. The van der Waals surface area contributed by atoms with Crippen LogP contribution in [0.3, 0.4) is 0 Å². The molecule has 0 heterocycles. The summed E-state index contributed by atoms with van der Waals surface area (Å²) in [6.07, 6.45) is 3.58. The van der Waals surface area contributed by atoms with Crippen LogP contribution in [0.1, 0.15) is 46.5 Å². The molecule has 0 aliphatic carbocycles. The van der Waals surface area contributed by atoms with Crippen molar-refractivity contribution in [3.05, 3.63) is 28.2 Å². The molecule has 1 amide bonds. The van der Waals surface area contributed by atoms with E-state index in [0.29, 0.717) is 15.8 Å².